The molecule has 0 aliphatic rings. The maximum atomic E-state index is 12.4. The average Bonchev–Trinajstić information content (AvgIpc) is 2.46. The maximum absolute atomic E-state index is 12.4. The number of halogens is 2. The Bertz CT molecular complexity index is 1010. The zero-order valence-corrected chi connectivity index (χ0v) is 15.6. The lowest BCUT2D eigenvalue weighted by atomic mass is 10.00. The summed E-state index contributed by atoms with van der Waals surface area (Å²) in [7, 11) is -3.44. The molecule has 1 aromatic heterocycles. The van der Waals surface area contributed by atoms with Crippen LogP contribution in [0.2, 0.25) is 5.02 Å². The summed E-state index contributed by atoms with van der Waals surface area (Å²) < 4.78 is 25.6. The number of rotatable bonds is 2. The van der Waals surface area contributed by atoms with Gasteiger partial charge in [-0.3, -0.25) is 4.98 Å². The highest BCUT2D eigenvalue weighted by Crippen LogP contribution is 2.37. The van der Waals surface area contributed by atoms with Gasteiger partial charge < -0.3 is 0 Å². The normalized spacial score (nSPS) is 11.8. The van der Waals surface area contributed by atoms with E-state index in [-0.39, 0.29) is 4.90 Å². The Hall–Kier alpha value is -1.43. The quantitative estimate of drug-likeness (QED) is 0.595. The summed E-state index contributed by atoms with van der Waals surface area (Å²) >= 11 is 9.41. The van der Waals surface area contributed by atoms with Crippen molar-refractivity contribution in [2.75, 3.05) is 6.26 Å². The molecule has 0 N–H and O–H groups in total. The Labute approximate surface area is 148 Å². The highest BCUT2D eigenvalue weighted by atomic mass is 79.9. The van der Waals surface area contributed by atoms with Crippen LogP contribution in [-0.4, -0.2) is 19.7 Å². The molecule has 0 aliphatic carbocycles. The smallest absolute Gasteiger partial charge is 0.177 e. The summed E-state index contributed by atoms with van der Waals surface area (Å²) in [6, 6.07) is 12.8. The molecule has 2 aromatic carbocycles. The molecule has 0 spiro atoms. The monoisotopic (exact) mass is 409 g/mol. The molecular weight excluding hydrogens is 398 g/mol. The van der Waals surface area contributed by atoms with E-state index in [1.807, 2.05) is 30.3 Å². The maximum Gasteiger partial charge on any atom is 0.177 e. The molecular formula is C17H13BrClNO2S. The number of hydrogen-bond acceptors (Lipinski definition) is 3. The second-order valence-electron chi connectivity index (χ2n) is 5.34. The van der Waals surface area contributed by atoms with Gasteiger partial charge in [0.1, 0.15) is 0 Å². The van der Waals surface area contributed by atoms with E-state index < -0.39 is 9.84 Å². The molecule has 0 saturated carbocycles. The van der Waals surface area contributed by atoms with Gasteiger partial charge in [-0.25, -0.2) is 8.42 Å². The Balaban J connectivity index is 2.53. The number of pyridine rings is 1. The number of hydrogen-bond donors (Lipinski definition) is 0. The predicted molar refractivity (Wildman–Crippen MR) is 97.7 cm³/mol. The molecule has 118 valence electrons. The third-order valence-corrected chi connectivity index (χ3v) is 5.56. The van der Waals surface area contributed by atoms with Crippen LogP contribution in [0.25, 0.3) is 22.0 Å². The molecule has 0 atom stereocenters. The van der Waals surface area contributed by atoms with Crippen LogP contribution in [0.4, 0.5) is 0 Å². The summed E-state index contributed by atoms with van der Waals surface area (Å²) in [4.78, 5) is 4.72. The van der Waals surface area contributed by atoms with Gasteiger partial charge in [-0.2, -0.15) is 0 Å². The first kappa shape index (κ1) is 16.4. The summed E-state index contributed by atoms with van der Waals surface area (Å²) in [6.07, 6.45) is 1.21. The first-order valence-electron chi connectivity index (χ1n) is 6.83. The Morgan fingerprint density at radius 3 is 2.35 bits per heavy atom. The largest absolute Gasteiger partial charge is 0.252 e. The fourth-order valence-electron chi connectivity index (χ4n) is 2.70. The van der Waals surface area contributed by atoms with Crippen LogP contribution in [-0.2, 0) is 9.84 Å². The van der Waals surface area contributed by atoms with E-state index in [0.29, 0.717) is 16.3 Å². The molecule has 3 rings (SSSR count). The molecule has 0 aliphatic heterocycles. The fourth-order valence-corrected chi connectivity index (χ4v) is 4.37. The second-order valence-corrected chi connectivity index (χ2v) is 8.65. The fraction of sp³-hybridized carbons (Fsp3) is 0.118. The lowest BCUT2D eigenvalue weighted by Gasteiger charge is -2.15. The van der Waals surface area contributed by atoms with Gasteiger partial charge in [-0.05, 0) is 42.8 Å². The van der Waals surface area contributed by atoms with Crippen molar-refractivity contribution in [3.63, 3.8) is 0 Å². The van der Waals surface area contributed by atoms with Crippen molar-refractivity contribution < 1.29 is 8.42 Å². The zero-order valence-electron chi connectivity index (χ0n) is 12.5. The van der Waals surface area contributed by atoms with Crippen molar-refractivity contribution in [1.82, 2.24) is 4.98 Å². The van der Waals surface area contributed by atoms with Gasteiger partial charge in [-0.15, -0.1) is 0 Å². The first-order valence-corrected chi connectivity index (χ1v) is 9.89. The Morgan fingerprint density at radius 2 is 1.74 bits per heavy atom. The van der Waals surface area contributed by atoms with Crippen LogP contribution in [0.15, 0.2) is 51.8 Å². The van der Waals surface area contributed by atoms with Crippen molar-refractivity contribution in [3.05, 3.63) is 57.7 Å². The average molecular weight is 411 g/mol. The number of sulfone groups is 1. The molecule has 3 nitrogen and oxygen atoms in total. The zero-order chi connectivity index (χ0) is 16.8. The minimum Gasteiger partial charge on any atom is -0.252 e. The van der Waals surface area contributed by atoms with Gasteiger partial charge in [-0.1, -0.05) is 39.7 Å². The topological polar surface area (TPSA) is 47.0 Å². The van der Waals surface area contributed by atoms with E-state index in [1.54, 1.807) is 19.1 Å². The van der Waals surface area contributed by atoms with E-state index >= 15 is 0 Å². The van der Waals surface area contributed by atoms with Gasteiger partial charge in [0, 0.05) is 26.7 Å². The number of benzene rings is 2. The lowest BCUT2D eigenvalue weighted by Crippen LogP contribution is -2.06. The van der Waals surface area contributed by atoms with Crippen molar-refractivity contribution in [3.8, 4) is 11.1 Å². The SMILES string of the molecule is Cc1nc2ccc(Br)cc2c(-c2ccc(Cl)cc2)c1S(C)(=O)=O. The summed E-state index contributed by atoms with van der Waals surface area (Å²) in [5.74, 6) is 0. The molecule has 6 heteroatoms. The highest BCUT2D eigenvalue weighted by Gasteiger charge is 2.22. The number of aromatic nitrogens is 1. The van der Waals surface area contributed by atoms with Gasteiger partial charge in [0.15, 0.2) is 9.84 Å². The molecule has 0 fully saturated rings. The van der Waals surface area contributed by atoms with E-state index in [4.69, 9.17) is 11.6 Å². The van der Waals surface area contributed by atoms with E-state index in [9.17, 15) is 8.42 Å². The summed E-state index contributed by atoms with van der Waals surface area (Å²) in [5, 5.41) is 1.39. The minimum atomic E-state index is -3.44. The van der Waals surface area contributed by atoms with E-state index in [2.05, 4.69) is 20.9 Å². The summed E-state index contributed by atoms with van der Waals surface area (Å²) in [5.41, 5.74) is 2.70. The molecule has 0 bridgehead atoms. The minimum absolute atomic E-state index is 0.255. The molecule has 0 amide bonds. The van der Waals surface area contributed by atoms with Crippen molar-refractivity contribution in [2.24, 2.45) is 0 Å². The van der Waals surface area contributed by atoms with Crippen molar-refractivity contribution in [1.29, 1.82) is 0 Å². The molecule has 0 unspecified atom stereocenters. The molecule has 3 aromatic rings. The van der Waals surface area contributed by atoms with Crippen molar-refractivity contribution in [2.45, 2.75) is 11.8 Å². The lowest BCUT2D eigenvalue weighted by molar-refractivity contribution is 0.601. The van der Waals surface area contributed by atoms with E-state index in [1.165, 1.54) is 6.26 Å². The Kier molecular flexibility index (Phi) is 4.21. The van der Waals surface area contributed by atoms with E-state index in [0.717, 1.165) is 20.9 Å². The van der Waals surface area contributed by atoms with Crippen LogP contribution in [0, 0.1) is 6.92 Å². The Morgan fingerprint density at radius 1 is 1.09 bits per heavy atom. The standard InChI is InChI=1S/C17H13BrClNO2S/c1-10-17(23(2,21)22)16(11-3-6-13(19)7-4-11)14-9-12(18)5-8-15(14)20-10/h3-9H,1-2H3. The van der Waals surface area contributed by atoms with Crippen molar-refractivity contribution >= 4 is 48.3 Å². The third kappa shape index (κ3) is 3.13. The van der Waals surface area contributed by atoms with Crippen LogP contribution < -0.4 is 0 Å². The van der Waals surface area contributed by atoms with Crippen LogP contribution in [0.3, 0.4) is 0 Å². The number of nitrogens with zero attached hydrogens (tertiary/aromatic N) is 1. The van der Waals surface area contributed by atoms with Crippen LogP contribution in [0.1, 0.15) is 5.69 Å². The number of fused-ring (bicyclic) bond motifs is 1. The van der Waals surface area contributed by atoms with Gasteiger partial charge in [0.2, 0.25) is 0 Å². The molecule has 0 radical (unpaired) electrons. The van der Waals surface area contributed by atoms with Gasteiger partial charge in [0.25, 0.3) is 0 Å². The predicted octanol–water partition coefficient (Wildman–Crippen LogP) is 5.03. The second kappa shape index (κ2) is 5.89. The number of aryl methyl sites for hydroxylation is 1. The molecule has 1 heterocycles. The summed E-state index contributed by atoms with van der Waals surface area (Å²) in [6.45, 7) is 1.72. The first-order chi connectivity index (χ1) is 10.8. The van der Waals surface area contributed by atoms with Gasteiger partial charge in [0.05, 0.1) is 16.1 Å². The van der Waals surface area contributed by atoms with Crippen LogP contribution >= 0.6 is 27.5 Å². The highest BCUT2D eigenvalue weighted by molar-refractivity contribution is 9.10. The van der Waals surface area contributed by atoms with Crippen LogP contribution in [0.5, 0.6) is 0 Å². The molecule has 23 heavy (non-hydrogen) atoms. The third-order valence-electron chi connectivity index (χ3n) is 3.58. The molecule has 0 saturated heterocycles. The van der Waals surface area contributed by atoms with Gasteiger partial charge >= 0.3 is 0 Å².